The molecule has 1 saturated heterocycles. The van der Waals surface area contributed by atoms with Gasteiger partial charge in [0.2, 0.25) is 0 Å². The number of hydrogen-bond acceptors (Lipinski definition) is 10. The minimum Gasteiger partial charge on any atom is -0.462 e. The highest BCUT2D eigenvalue weighted by Gasteiger charge is 2.67. The van der Waals surface area contributed by atoms with Gasteiger partial charge < -0.3 is 29.2 Å². The third kappa shape index (κ3) is 4.68. The van der Waals surface area contributed by atoms with E-state index in [1.54, 1.807) is 13.8 Å². The molecular weight excluding hydrogens is 472 g/mol. The highest BCUT2D eigenvalue weighted by atomic mass is 16.6. The van der Waals surface area contributed by atoms with Crippen LogP contribution in [0.5, 0.6) is 0 Å². The molecule has 0 bridgehead atoms. The second-order valence-electron chi connectivity index (χ2n) is 10.4. The molecule has 0 unspecified atom stereocenters. The molecule has 0 aromatic rings. The van der Waals surface area contributed by atoms with Crippen molar-refractivity contribution in [3.8, 4) is 0 Å². The van der Waals surface area contributed by atoms with Crippen molar-refractivity contribution in [1.82, 2.24) is 0 Å². The second kappa shape index (κ2) is 9.97. The molecule has 2 fully saturated rings. The third-order valence-electron chi connectivity index (χ3n) is 8.02. The lowest BCUT2D eigenvalue weighted by atomic mass is 9.54. The van der Waals surface area contributed by atoms with Gasteiger partial charge >= 0.3 is 23.9 Å². The summed E-state index contributed by atoms with van der Waals surface area (Å²) in [4.78, 5) is 49.5. The number of hydrogen-bond donors (Lipinski definition) is 2. The quantitative estimate of drug-likeness (QED) is 0.328. The highest BCUT2D eigenvalue weighted by molar-refractivity contribution is 5.78. The standard InChI is InChI=1S/C26H36O10/c1-12-8-9-19(33-15(4)27)25(7)20(34-16(5)28)11-18(30)13(2)10-21-26(32,14(3)24(31)36-21)23(22(12)25)35-17(6)29/h10,14,18-23,30,32H,1,8-9,11H2,2-7H3/b13-10-/t14-,18+,19-,20-,21-,22+,23-,25+,26-/m0/s1. The smallest absolute Gasteiger partial charge is 0.312 e. The minimum absolute atomic E-state index is 0.0819. The molecule has 3 aliphatic rings. The van der Waals surface area contributed by atoms with Gasteiger partial charge in [0.15, 0.2) is 11.7 Å². The van der Waals surface area contributed by atoms with Crippen LogP contribution in [0, 0.1) is 17.3 Å². The van der Waals surface area contributed by atoms with Crippen LogP contribution in [-0.2, 0) is 38.1 Å². The fraction of sp³-hybridized carbons (Fsp3) is 0.692. The van der Waals surface area contributed by atoms with Gasteiger partial charge in [-0.15, -0.1) is 0 Å². The zero-order valence-corrected chi connectivity index (χ0v) is 21.6. The molecule has 36 heavy (non-hydrogen) atoms. The van der Waals surface area contributed by atoms with Gasteiger partial charge in [0, 0.05) is 33.1 Å². The van der Waals surface area contributed by atoms with E-state index in [2.05, 4.69) is 6.58 Å². The Kier molecular flexibility index (Phi) is 7.72. The maximum Gasteiger partial charge on any atom is 0.312 e. The van der Waals surface area contributed by atoms with E-state index in [9.17, 15) is 29.4 Å². The van der Waals surface area contributed by atoms with E-state index in [0.29, 0.717) is 24.0 Å². The molecule has 2 aliphatic carbocycles. The van der Waals surface area contributed by atoms with Crippen LogP contribution in [0.2, 0.25) is 0 Å². The lowest BCUT2D eigenvalue weighted by molar-refractivity contribution is -0.221. The summed E-state index contributed by atoms with van der Waals surface area (Å²) >= 11 is 0. The van der Waals surface area contributed by atoms with Crippen LogP contribution < -0.4 is 0 Å². The van der Waals surface area contributed by atoms with Gasteiger partial charge in [0.25, 0.3) is 0 Å². The summed E-state index contributed by atoms with van der Waals surface area (Å²) in [5, 5.41) is 23.3. The van der Waals surface area contributed by atoms with Crippen molar-refractivity contribution >= 4 is 23.9 Å². The molecular formula is C26H36O10. The normalized spacial score (nSPS) is 42.1. The van der Waals surface area contributed by atoms with Crippen molar-refractivity contribution in [3.63, 3.8) is 0 Å². The van der Waals surface area contributed by atoms with Crippen LogP contribution >= 0.6 is 0 Å². The Morgan fingerprint density at radius 3 is 2.19 bits per heavy atom. The van der Waals surface area contributed by atoms with Crippen molar-refractivity contribution in [2.75, 3.05) is 0 Å². The Morgan fingerprint density at radius 1 is 1.08 bits per heavy atom. The zero-order valence-electron chi connectivity index (χ0n) is 21.6. The predicted molar refractivity (Wildman–Crippen MR) is 125 cm³/mol. The fourth-order valence-corrected chi connectivity index (χ4v) is 6.07. The number of aliphatic hydroxyl groups excluding tert-OH is 1. The van der Waals surface area contributed by atoms with E-state index in [1.807, 2.05) is 0 Å². The van der Waals surface area contributed by atoms with Crippen LogP contribution in [0.1, 0.15) is 60.8 Å². The van der Waals surface area contributed by atoms with Crippen LogP contribution in [0.15, 0.2) is 23.8 Å². The summed E-state index contributed by atoms with van der Waals surface area (Å²) < 4.78 is 22.7. The summed E-state index contributed by atoms with van der Waals surface area (Å²) in [5.41, 5.74) is -2.45. The van der Waals surface area contributed by atoms with Crippen molar-refractivity contribution in [2.24, 2.45) is 17.3 Å². The first-order chi connectivity index (χ1) is 16.6. The molecule has 0 spiro atoms. The molecule has 0 aromatic carbocycles. The largest absolute Gasteiger partial charge is 0.462 e. The van der Waals surface area contributed by atoms with Crippen LogP contribution in [0.3, 0.4) is 0 Å². The summed E-state index contributed by atoms with van der Waals surface area (Å²) in [6.07, 6.45) is -3.62. The molecule has 1 heterocycles. The summed E-state index contributed by atoms with van der Waals surface area (Å²) in [7, 11) is 0. The summed E-state index contributed by atoms with van der Waals surface area (Å²) in [6, 6.07) is 0. The molecule has 2 N–H and O–H groups in total. The second-order valence-corrected chi connectivity index (χ2v) is 10.4. The van der Waals surface area contributed by atoms with Crippen molar-refractivity contribution in [3.05, 3.63) is 23.8 Å². The number of carbonyl (C=O) groups excluding carboxylic acids is 4. The Morgan fingerprint density at radius 2 is 1.64 bits per heavy atom. The number of rotatable bonds is 3. The first-order valence-electron chi connectivity index (χ1n) is 12.1. The average molecular weight is 509 g/mol. The lowest BCUT2D eigenvalue weighted by Gasteiger charge is -2.55. The van der Waals surface area contributed by atoms with Gasteiger partial charge in [0.1, 0.15) is 18.3 Å². The molecule has 0 amide bonds. The molecule has 0 radical (unpaired) electrons. The molecule has 10 heteroatoms. The van der Waals surface area contributed by atoms with Crippen LogP contribution in [0.25, 0.3) is 0 Å². The Balaban J connectivity index is 2.37. The van der Waals surface area contributed by atoms with E-state index in [4.69, 9.17) is 18.9 Å². The van der Waals surface area contributed by atoms with Crippen molar-refractivity contribution in [2.45, 2.75) is 96.9 Å². The number of fused-ring (bicyclic) bond motifs is 2. The molecule has 10 nitrogen and oxygen atoms in total. The number of esters is 4. The molecule has 200 valence electrons. The lowest BCUT2D eigenvalue weighted by Crippen LogP contribution is -2.66. The molecule has 0 aromatic heterocycles. The molecule has 1 saturated carbocycles. The van der Waals surface area contributed by atoms with E-state index < -0.39 is 77.2 Å². The zero-order chi connectivity index (χ0) is 27.2. The minimum atomic E-state index is -2.06. The van der Waals surface area contributed by atoms with Gasteiger partial charge in [-0.05, 0) is 38.3 Å². The van der Waals surface area contributed by atoms with E-state index in [1.165, 1.54) is 33.8 Å². The van der Waals surface area contributed by atoms with Gasteiger partial charge in [-0.3, -0.25) is 19.2 Å². The predicted octanol–water partition coefficient (Wildman–Crippen LogP) is 1.76. The van der Waals surface area contributed by atoms with Crippen LogP contribution in [-0.4, -0.2) is 70.2 Å². The first-order valence-corrected chi connectivity index (χ1v) is 12.1. The van der Waals surface area contributed by atoms with Gasteiger partial charge in [-0.1, -0.05) is 19.1 Å². The maximum atomic E-state index is 12.7. The van der Waals surface area contributed by atoms with Gasteiger partial charge in [-0.25, -0.2) is 0 Å². The van der Waals surface area contributed by atoms with Crippen LogP contribution in [0.4, 0.5) is 0 Å². The number of ether oxygens (including phenoxy) is 4. The molecule has 1 aliphatic heterocycles. The average Bonchev–Trinajstić information content (AvgIpc) is 2.97. The topological polar surface area (TPSA) is 146 Å². The number of aliphatic hydroxyl groups is 2. The maximum absolute atomic E-state index is 12.7. The fourth-order valence-electron chi connectivity index (χ4n) is 6.07. The van der Waals surface area contributed by atoms with E-state index >= 15 is 0 Å². The van der Waals surface area contributed by atoms with Gasteiger partial charge in [0.05, 0.1) is 17.4 Å². The van der Waals surface area contributed by atoms with E-state index in [0.717, 1.165) is 0 Å². The summed E-state index contributed by atoms with van der Waals surface area (Å²) in [5.74, 6) is -4.68. The van der Waals surface area contributed by atoms with Gasteiger partial charge in [-0.2, -0.15) is 0 Å². The van der Waals surface area contributed by atoms with E-state index in [-0.39, 0.29) is 6.42 Å². The first kappa shape index (κ1) is 27.9. The molecule has 3 rings (SSSR count). The van der Waals surface area contributed by atoms with Crippen molar-refractivity contribution < 1.29 is 48.3 Å². The van der Waals surface area contributed by atoms with Crippen molar-refractivity contribution in [1.29, 1.82) is 0 Å². The Labute approximate surface area is 210 Å². The summed E-state index contributed by atoms with van der Waals surface area (Å²) in [6.45, 7) is 12.6. The number of carbonyl (C=O) groups is 4. The Hall–Kier alpha value is -2.72. The molecule has 9 atom stereocenters. The Bertz CT molecular complexity index is 985. The highest BCUT2D eigenvalue weighted by Crippen LogP contribution is 2.56. The SMILES string of the molecule is C=C1CC[C@H](OC(C)=O)[C@]2(C)[C@@H](OC(C)=O)C[C@@H](O)/C(C)=C\[C@@H]3OC(=O)[C@H](C)[C@@]3(O)[C@@H](OC(C)=O)[C@@H]12. The third-order valence-corrected chi connectivity index (χ3v) is 8.02. The monoisotopic (exact) mass is 508 g/mol.